The van der Waals surface area contributed by atoms with Crippen LogP contribution < -0.4 is 0 Å². The van der Waals surface area contributed by atoms with Crippen molar-refractivity contribution in [1.29, 1.82) is 0 Å². The largest absolute Gasteiger partial charge is 2.00 e. The van der Waals surface area contributed by atoms with E-state index in [-0.39, 0.29) is 22.3 Å². The standard InChI is InChI=1S/C2H4O2.Zn.2H/c1-2(3)4;;;/h1H3,(H,3,4);;;/q;+2;2*-1. The van der Waals surface area contributed by atoms with Crippen LogP contribution in [0.15, 0.2) is 0 Å². The van der Waals surface area contributed by atoms with Crippen LogP contribution in [-0.4, -0.2) is 11.1 Å². The molecule has 0 aromatic heterocycles. The first-order chi connectivity index (χ1) is 1.73. The van der Waals surface area contributed by atoms with Crippen molar-refractivity contribution in [2.75, 3.05) is 0 Å². The number of carbonyl (C=O) groups is 1. The quantitative estimate of drug-likeness (QED) is 0.476. The Morgan fingerprint density at radius 1 is 2.00 bits per heavy atom. The molecular formula is C2H6O2Zn. The van der Waals surface area contributed by atoms with Gasteiger partial charge in [-0.2, -0.15) is 0 Å². The maximum absolute atomic E-state index is 9.00. The molecule has 0 aliphatic rings. The molecule has 0 aliphatic heterocycles. The summed E-state index contributed by atoms with van der Waals surface area (Å²) < 4.78 is 0. The molecule has 0 radical (unpaired) electrons. The van der Waals surface area contributed by atoms with Gasteiger partial charge in [-0.3, -0.25) is 4.79 Å². The molecule has 0 amide bonds. The van der Waals surface area contributed by atoms with Crippen molar-refractivity contribution in [3.63, 3.8) is 0 Å². The van der Waals surface area contributed by atoms with Crippen LogP contribution >= 0.6 is 0 Å². The van der Waals surface area contributed by atoms with Gasteiger partial charge in [0.25, 0.3) is 5.97 Å². The first-order valence-electron chi connectivity index (χ1n) is 0.928. The molecule has 0 unspecified atom stereocenters. The van der Waals surface area contributed by atoms with Crippen LogP contribution in [0.3, 0.4) is 0 Å². The number of hydrogen-bond acceptors (Lipinski definition) is 1. The number of aliphatic carboxylic acids is 1. The van der Waals surface area contributed by atoms with Gasteiger partial charge < -0.3 is 7.96 Å². The maximum atomic E-state index is 9.00. The average molecular weight is 127 g/mol. The van der Waals surface area contributed by atoms with Crippen LogP contribution in [0.5, 0.6) is 0 Å². The molecule has 0 atom stereocenters. The van der Waals surface area contributed by atoms with Crippen molar-refractivity contribution < 1.29 is 32.2 Å². The Kier molecular flexibility index (Phi) is 7.30. The fourth-order valence-corrected chi connectivity index (χ4v) is 0. The Morgan fingerprint density at radius 3 is 2.00 bits per heavy atom. The van der Waals surface area contributed by atoms with Crippen molar-refractivity contribution in [3.8, 4) is 0 Å². The zero-order valence-electron chi connectivity index (χ0n) is 5.06. The topological polar surface area (TPSA) is 37.3 Å². The number of rotatable bonds is 0. The van der Waals surface area contributed by atoms with Crippen molar-refractivity contribution in [2.24, 2.45) is 0 Å². The number of carboxylic acids is 1. The van der Waals surface area contributed by atoms with E-state index in [0.29, 0.717) is 0 Å². The fourth-order valence-electron chi connectivity index (χ4n) is 0. The molecular weight excluding hydrogens is 121 g/mol. The zero-order chi connectivity index (χ0) is 3.58. The van der Waals surface area contributed by atoms with E-state index in [1.165, 1.54) is 0 Å². The third-order valence-corrected chi connectivity index (χ3v) is 0. The third kappa shape index (κ3) is 2060. The van der Waals surface area contributed by atoms with Crippen LogP contribution in [0, 0.1) is 0 Å². The van der Waals surface area contributed by atoms with Gasteiger partial charge in [0.2, 0.25) is 0 Å². The van der Waals surface area contributed by atoms with Gasteiger partial charge in [0.15, 0.2) is 0 Å². The van der Waals surface area contributed by atoms with E-state index in [1.54, 1.807) is 0 Å². The Labute approximate surface area is 45.9 Å². The Bertz CT molecular complexity index is 36.7. The molecule has 2 nitrogen and oxygen atoms in total. The minimum Gasteiger partial charge on any atom is -1.00 e. The van der Waals surface area contributed by atoms with Crippen LogP contribution in [0.25, 0.3) is 0 Å². The molecule has 0 aromatic carbocycles. The molecule has 0 aromatic rings. The summed E-state index contributed by atoms with van der Waals surface area (Å²) in [6, 6.07) is 0. The summed E-state index contributed by atoms with van der Waals surface area (Å²) in [5, 5.41) is 7.42. The zero-order valence-corrected chi connectivity index (χ0v) is 6.03. The minimum absolute atomic E-state index is 0. The molecule has 28 valence electrons. The summed E-state index contributed by atoms with van der Waals surface area (Å²) in [7, 11) is 0. The number of hydrogen-bond donors (Lipinski definition) is 1. The van der Waals surface area contributed by atoms with Crippen LogP contribution in [0.4, 0.5) is 0 Å². The predicted octanol–water partition coefficient (Wildman–Crippen LogP) is 0.313. The SMILES string of the molecule is CC(=O)O.[H-].[H-].[Zn+2]. The molecule has 5 heavy (non-hydrogen) atoms. The van der Waals surface area contributed by atoms with Gasteiger partial charge in [-0.25, -0.2) is 0 Å². The van der Waals surface area contributed by atoms with E-state index in [1.807, 2.05) is 0 Å². The molecule has 0 aliphatic carbocycles. The predicted molar refractivity (Wildman–Crippen MR) is 15.5 cm³/mol. The van der Waals surface area contributed by atoms with Crippen LogP contribution in [-0.2, 0) is 24.3 Å². The first kappa shape index (κ1) is 8.92. The minimum atomic E-state index is -0.833. The summed E-state index contributed by atoms with van der Waals surface area (Å²) in [5.74, 6) is -0.833. The summed E-state index contributed by atoms with van der Waals surface area (Å²) in [6.07, 6.45) is 0. The van der Waals surface area contributed by atoms with Crippen LogP contribution in [0.2, 0.25) is 0 Å². The molecule has 0 saturated carbocycles. The normalized spacial score (nSPS) is 5.00. The van der Waals surface area contributed by atoms with E-state index < -0.39 is 5.97 Å². The van der Waals surface area contributed by atoms with E-state index in [4.69, 9.17) is 9.90 Å². The Hall–Kier alpha value is 0.0934. The summed E-state index contributed by atoms with van der Waals surface area (Å²) in [5.41, 5.74) is 0. The van der Waals surface area contributed by atoms with Gasteiger partial charge in [-0.1, -0.05) is 0 Å². The second kappa shape index (κ2) is 4.09. The summed E-state index contributed by atoms with van der Waals surface area (Å²) in [6.45, 7) is 1.08. The third-order valence-electron chi connectivity index (χ3n) is 0. The molecule has 3 heteroatoms. The van der Waals surface area contributed by atoms with E-state index in [2.05, 4.69) is 0 Å². The molecule has 1 N–H and O–H groups in total. The molecule has 0 rings (SSSR count). The number of carboxylic acid groups (broad SMARTS) is 1. The second-order valence-corrected chi connectivity index (χ2v) is 0.519. The average Bonchev–Trinajstić information content (AvgIpc) is 0.811. The molecule has 0 spiro atoms. The van der Waals surface area contributed by atoms with E-state index >= 15 is 0 Å². The van der Waals surface area contributed by atoms with Gasteiger partial charge in [-0.05, 0) is 0 Å². The monoisotopic (exact) mass is 126 g/mol. The van der Waals surface area contributed by atoms with Crippen molar-refractivity contribution in [3.05, 3.63) is 0 Å². The van der Waals surface area contributed by atoms with Gasteiger partial charge in [-0.15, -0.1) is 0 Å². The van der Waals surface area contributed by atoms with E-state index in [9.17, 15) is 0 Å². The maximum Gasteiger partial charge on any atom is 2.00 e. The Balaban J connectivity index is -0.0000000150. The van der Waals surface area contributed by atoms with Gasteiger partial charge >= 0.3 is 19.5 Å². The molecule has 0 fully saturated rings. The summed E-state index contributed by atoms with van der Waals surface area (Å²) >= 11 is 0. The fraction of sp³-hybridized carbons (Fsp3) is 0.500. The van der Waals surface area contributed by atoms with Gasteiger partial charge in [0, 0.05) is 6.92 Å². The van der Waals surface area contributed by atoms with Gasteiger partial charge in [0.05, 0.1) is 0 Å². The van der Waals surface area contributed by atoms with Gasteiger partial charge in [0.1, 0.15) is 0 Å². The summed E-state index contributed by atoms with van der Waals surface area (Å²) in [4.78, 5) is 9.00. The van der Waals surface area contributed by atoms with Crippen molar-refractivity contribution in [2.45, 2.75) is 6.92 Å². The van der Waals surface area contributed by atoms with Crippen molar-refractivity contribution >= 4 is 5.97 Å². The molecule has 0 heterocycles. The van der Waals surface area contributed by atoms with Crippen LogP contribution in [0.1, 0.15) is 9.78 Å². The first-order valence-corrected chi connectivity index (χ1v) is 0.928. The Morgan fingerprint density at radius 2 is 2.00 bits per heavy atom. The second-order valence-electron chi connectivity index (χ2n) is 0.519. The molecule has 0 bridgehead atoms. The van der Waals surface area contributed by atoms with E-state index in [0.717, 1.165) is 6.92 Å². The van der Waals surface area contributed by atoms with Crippen molar-refractivity contribution in [1.82, 2.24) is 0 Å². The smallest absolute Gasteiger partial charge is 1.00 e. The molecule has 0 saturated heterocycles.